The summed E-state index contributed by atoms with van der Waals surface area (Å²) >= 11 is 5.99. The summed E-state index contributed by atoms with van der Waals surface area (Å²) in [4.78, 5) is 12.7. The third-order valence-corrected chi connectivity index (χ3v) is 6.53. The number of hydrogen-bond acceptors (Lipinski definition) is 4. The van der Waals surface area contributed by atoms with Crippen molar-refractivity contribution in [3.63, 3.8) is 0 Å². The predicted molar refractivity (Wildman–Crippen MR) is 103 cm³/mol. The van der Waals surface area contributed by atoms with E-state index in [1.807, 2.05) is 19.1 Å². The van der Waals surface area contributed by atoms with Gasteiger partial charge in [-0.3, -0.25) is 4.79 Å². The molecule has 1 amide bonds. The van der Waals surface area contributed by atoms with Crippen LogP contribution in [0.15, 0.2) is 53.4 Å². The van der Waals surface area contributed by atoms with Crippen molar-refractivity contribution < 1.29 is 17.9 Å². The summed E-state index contributed by atoms with van der Waals surface area (Å²) in [5, 5.41) is 3.46. The van der Waals surface area contributed by atoms with Gasteiger partial charge in [-0.25, -0.2) is 8.42 Å². The summed E-state index contributed by atoms with van der Waals surface area (Å²) in [7, 11) is -3.65. The lowest BCUT2D eigenvalue weighted by molar-refractivity contribution is 0.0730. The molecule has 144 valence electrons. The fourth-order valence-corrected chi connectivity index (χ4v) is 4.53. The molecule has 8 heteroatoms. The van der Waals surface area contributed by atoms with Crippen LogP contribution in [0, 0.1) is 0 Å². The van der Waals surface area contributed by atoms with Crippen molar-refractivity contribution in [3.05, 3.63) is 64.7 Å². The number of nitrogens with one attached hydrogen (secondary N) is 1. The standard InChI is InChI=1S/C19H21ClN2O4S/c1-14(15-4-2-6-17(20)12-15)21-19(23)16-5-3-7-18(13-16)27(24,25)22-8-10-26-11-9-22/h2-7,12-14H,8-11H2,1H3,(H,21,23)/t14-/m1/s1. The molecule has 0 bridgehead atoms. The van der Waals surface area contributed by atoms with Gasteiger partial charge in [0.2, 0.25) is 10.0 Å². The van der Waals surface area contributed by atoms with E-state index in [0.29, 0.717) is 36.9 Å². The highest BCUT2D eigenvalue weighted by molar-refractivity contribution is 7.89. The normalized spacial score (nSPS) is 16.7. The van der Waals surface area contributed by atoms with Crippen LogP contribution < -0.4 is 5.32 Å². The number of carbonyl (C=O) groups excluding carboxylic acids is 1. The van der Waals surface area contributed by atoms with Gasteiger partial charge >= 0.3 is 0 Å². The average molecular weight is 409 g/mol. The molecule has 1 atom stereocenters. The van der Waals surface area contributed by atoms with Gasteiger partial charge in [0.25, 0.3) is 5.91 Å². The van der Waals surface area contributed by atoms with Crippen LogP contribution in [0.3, 0.4) is 0 Å². The first-order valence-electron chi connectivity index (χ1n) is 8.62. The fourth-order valence-electron chi connectivity index (χ4n) is 2.87. The minimum Gasteiger partial charge on any atom is -0.379 e. The number of benzene rings is 2. The number of rotatable bonds is 5. The number of amides is 1. The van der Waals surface area contributed by atoms with Crippen molar-refractivity contribution in [2.75, 3.05) is 26.3 Å². The zero-order valence-electron chi connectivity index (χ0n) is 14.9. The lowest BCUT2D eigenvalue weighted by atomic mass is 10.1. The number of halogens is 1. The van der Waals surface area contributed by atoms with E-state index >= 15 is 0 Å². The molecule has 1 aliphatic heterocycles. The molecule has 2 aromatic carbocycles. The minimum absolute atomic E-state index is 0.104. The molecule has 0 saturated carbocycles. The van der Waals surface area contributed by atoms with Gasteiger partial charge < -0.3 is 10.1 Å². The Balaban J connectivity index is 1.77. The molecule has 2 aromatic rings. The molecule has 3 rings (SSSR count). The van der Waals surface area contributed by atoms with Crippen LogP contribution in [0.1, 0.15) is 28.9 Å². The van der Waals surface area contributed by atoms with Crippen LogP contribution in [-0.4, -0.2) is 44.9 Å². The first-order chi connectivity index (χ1) is 12.9. The van der Waals surface area contributed by atoms with Gasteiger partial charge in [-0.05, 0) is 42.8 Å². The third-order valence-electron chi connectivity index (χ3n) is 4.40. The first kappa shape index (κ1) is 19.8. The Morgan fingerprint density at radius 2 is 1.85 bits per heavy atom. The van der Waals surface area contributed by atoms with Gasteiger partial charge in [-0.2, -0.15) is 4.31 Å². The maximum atomic E-state index is 12.8. The van der Waals surface area contributed by atoms with Crippen molar-refractivity contribution in [3.8, 4) is 0 Å². The van der Waals surface area contributed by atoms with E-state index in [2.05, 4.69) is 5.32 Å². The van der Waals surface area contributed by atoms with Crippen molar-refractivity contribution in [2.45, 2.75) is 17.9 Å². The summed E-state index contributed by atoms with van der Waals surface area (Å²) in [5.41, 5.74) is 1.16. The van der Waals surface area contributed by atoms with E-state index in [0.717, 1.165) is 5.56 Å². The Bertz CT molecular complexity index is 927. The second-order valence-electron chi connectivity index (χ2n) is 6.29. The van der Waals surface area contributed by atoms with E-state index < -0.39 is 10.0 Å². The molecule has 1 saturated heterocycles. The lowest BCUT2D eigenvalue weighted by Crippen LogP contribution is -2.40. The smallest absolute Gasteiger partial charge is 0.251 e. The Morgan fingerprint density at radius 3 is 2.56 bits per heavy atom. The fraction of sp³-hybridized carbons (Fsp3) is 0.316. The number of carbonyl (C=O) groups is 1. The lowest BCUT2D eigenvalue weighted by Gasteiger charge is -2.26. The van der Waals surface area contributed by atoms with Crippen LogP contribution >= 0.6 is 11.6 Å². The summed E-state index contributed by atoms with van der Waals surface area (Å²) < 4.78 is 32.1. The maximum Gasteiger partial charge on any atom is 0.251 e. The predicted octanol–water partition coefficient (Wildman–Crippen LogP) is 2.85. The van der Waals surface area contributed by atoms with Crippen molar-refractivity contribution in [1.82, 2.24) is 9.62 Å². The Hall–Kier alpha value is -1.93. The van der Waals surface area contributed by atoms with Gasteiger partial charge in [0.1, 0.15) is 0 Å². The maximum absolute atomic E-state index is 12.8. The molecule has 1 N–H and O–H groups in total. The van der Waals surface area contributed by atoms with Crippen LogP contribution in [0.25, 0.3) is 0 Å². The van der Waals surface area contributed by atoms with Crippen LogP contribution in [0.5, 0.6) is 0 Å². The first-order valence-corrected chi connectivity index (χ1v) is 10.4. The largest absolute Gasteiger partial charge is 0.379 e. The summed E-state index contributed by atoms with van der Waals surface area (Å²) in [6, 6.07) is 13.0. The number of nitrogens with zero attached hydrogens (tertiary/aromatic N) is 1. The second-order valence-corrected chi connectivity index (χ2v) is 8.67. The zero-order chi connectivity index (χ0) is 19.4. The molecule has 0 radical (unpaired) electrons. The van der Waals surface area contributed by atoms with Gasteiger partial charge in [-0.15, -0.1) is 0 Å². The molecule has 1 heterocycles. The molecule has 0 spiro atoms. The number of sulfonamides is 1. The molecule has 6 nitrogen and oxygen atoms in total. The Kier molecular flexibility index (Phi) is 6.16. The molecule has 1 aliphatic rings. The zero-order valence-corrected chi connectivity index (χ0v) is 16.5. The Morgan fingerprint density at radius 1 is 1.15 bits per heavy atom. The van der Waals surface area contributed by atoms with Gasteiger partial charge in [0.05, 0.1) is 24.2 Å². The summed E-state index contributed by atoms with van der Waals surface area (Å²) in [6.07, 6.45) is 0. The molecule has 0 aliphatic carbocycles. The van der Waals surface area contributed by atoms with Crippen LogP contribution in [0.2, 0.25) is 5.02 Å². The van der Waals surface area contributed by atoms with E-state index in [-0.39, 0.29) is 16.8 Å². The van der Waals surface area contributed by atoms with Gasteiger partial charge in [0, 0.05) is 23.7 Å². The van der Waals surface area contributed by atoms with Crippen LogP contribution in [0.4, 0.5) is 0 Å². The van der Waals surface area contributed by atoms with Crippen molar-refractivity contribution in [2.24, 2.45) is 0 Å². The topological polar surface area (TPSA) is 75.7 Å². The monoisotopic (exact) mass is 408 g/mol. The summed E-state index contributed by atoms with van der Waals surface area (Å²) in [6.45, 7) is 3.21. The van der Waals surface area contributed by atoms with Gasteiger partial charge in [-0.1, -0.05) is 29.8 Å². The molecule has 0 aromatic heterocycles. The Labute approximate surface area is 164 Å². The van der Waals surface area contributed by atoms with Gasteiger partial charge in [0.15, 0.2) is 0 Å². The van der Waals surface area contributed by atoms with Crippen LogP contribution in [-0.2, 0) is 14.8 Å². The number of hydrogen-bond donors (Lipinski definition) is 1. The average Bonchev–Trinajstić information content (AvgIpc) is 2.68. The third kappa shape index (κ3) is 4.68. The molecule has 1 fully saturated rings. The van der Waals surface area contributed by atoms with E-state index in [1.165, 1.54) is 16.4 Å². The number of ether oxygens (including phenoxy) is 1. The highest BCUT2D eigenvalue weighted by Crippen LogP contribution is 2.20. The van der Waals surface area contributed by atoms with Crippen molar-refractivity contribution in [1.29, 1.82) is 0 Å². The van der Waals surface area contributed by atoms with E-state index in [9.17, 15) is 13.2 Å². The highest BCUT2D eigenvalue weighted by Gasteiger charge is 2.27. The molecule has 27 heavy (non-hydrogen) atoms. The van der Waals surface area contributed by atoms with Crippen molar-refractivity contribution >= 4 is 27.5 Å². The quantitative estimate of drug-likeness (QED) is 0.825. The second kappa shape index (κ2) is 8.39. The molecular weight excluding hydrogens is 388 g/mol. The van der Waals surface area contributed by atoms with E-state index in [4.69, 9.17) is 16.3 Å². The minimum atomic E-state index is -3.65. The SMILES string of the molecule is C[C@@H](NC(=O)c1cccc(S(=O)(=O)N2CCOCC2)c1)c1cccc(Cl)c1. The number of morpholine rings is 1. The summed E-state index contributed by atoms with van der Waals surface area (Å²) in [5.74, 6) is -0.346. The highest BCUT2D eigenvalue weighted by atomic mass is 35.5. The van der Waals surface area contributed by atoms with E-state index in [1.54, 1.807) is 24.3 Å². The molecular formula is C19H21ClN2O4S. The molecule has 0 unspecified atom stereocenters.